The highest BCUT2D eigenvalue weighted by atomic mass is 79.9. The van der Waals surface area contributed by atoms with Crippen molar-refractivity contribution in [2.75, 3.05) is 7.05 Å². The zero-order valence-corrected chi connectivity index (χ0v) is 12.5. The summed E-state index contributed by atoms with van der Waals surface area (Å²) >= 11 is 3.41. The fourth-order valence-electron chi connectivity index (χ4n) is 2.11. The van der Waals surface area contributed by atoms with Crippen molar-refractivity contribution < 1.29 is 4.39 Å². The first-order chi connectivity index (χ1) is 9.11. The number of halogens is 2. The lowest BCUT2D eigenvalue weighted by molar-refractivity contribution is 0.569. The number of aromatic nitrogens is 1. The van der Waals surface area contributed by atoms with Gasteiger partial charge >= 0.3 is 0 Å². The molecule has 0 aliphatic heterocycles. The SMILES string of the molecule is CNC(Cc1ccc(F)cc1Br)c1ncccc1C. The quantitative estimate of drug-likeness (QED) is 0.926. The molecule has 0 aliphatic rings. The zero-order chi connectivity index (χ0) is 13.8. The first-order valence-electron chi connectivity index (χ1n) is 6.14. The molecule has 0 amide bonds. The second-order valence-corrected chi connectivity index (χ2v) is 5.34. The maximum Gasteiger partial charge on any atom is 0.124 e. The van der Waals surface area contributed by atoms with Gasteiger partial charge in [0.05, 0.1) is 11.7 Å². The molecule has 2 nitrogen and oxygen atoms in total. The highest BCUT2D eigenvalue weighted by Gasteiger charge is 2.15. The largest absolute Gasteiger partial charge is 0.311 e. The Morgan fingerprint density at radius 3 is 2.79 bits per heavy atom. The summed E-state index contributed by atoms with van der Waals surface area (Å²) in [5.41, 5.74) is 3.24. The Bertz CT molecular complexity index is 572. The number of likely N-dealkylation sites (N-methyl/N-ethyl adjacent to an activating group) is 1. The summed E-state index contributed by atoms with van der Waals surface area (Å²) < 4.78 is 13.9. The number of nitrogens with zero attached hydrogens (tertiary/aromatic N) is 1. The summed E-state index contributed by atoms with van der Waals surface area (Å²) in [4.78, 5) is 4.44. The van der Waals surface area contributed by atoms with Gasteiger partial charge in [-0.25, -0.2) is 4.39 Å². The van der Waals surface area contributed by atoms with E-state index in [1.165, 1.54) is 12.1 Å². The van der Waals surface area contributed by atoms with Crippen LogP contribution in [0.2, 0.25) is 0 Å². The molecule has 1 aromatic heterocycles. The third-order valence-corrected chi connectivity index (χ3v) is 3.91. The lowest BCUT2D eigenvalue weighted by Crippen LogP contribution is -2.21. The zero-order valence-electron chi connectivity index (χ0n) is 11.0. The fraction of sp³-hybridized carbons (Fsp3) is 0.267. The molecule has 4 heteroatoms. The van der Waals surface area contributed by atoms with Crippen LogP contribution in [0.15, 0.2) is 41.0 Å². The van der Waals surface area contributed by atoms with Crippen molar-refractivity contribution in [3.05, 3.63) is 63.6 Å². The van der Waals surface area contributed by atoms with Gasteiger partial charge in [0.15, 0.2) is 0 Å². The molecule has 1 atom stereocenters. The van der Waals surface area contributed by atoms with Crippen molar-refractivity contribution >= 4 is 15.9 Å². The van der Waals surface area contributed by atoms with Gasteiger partial charge in [0.1, 0.15) is 5.82 Å². The molecule has 2 rings (SSSR count). The number of hydrogen-bond donors (Lipinski definition) is 1. The van der Waals surface area contributed by atoms with E-state index in [1.807, 2.05) is 32.2 Å². The Labute approximate surface area is 121 Å². The van der Waals surface area contributed by atoms with Gasteiger partial charge in [0, 0.05) is 10.7 Å². The molecule has 100 valence electrons. The molecule has 0 saturated heterocycles. The number of aryl methyl sites for hydroxylation is 1. The molecule has 0 saturated carbocycles. The van der Waals surface area contributed by atoms with Gasteiger partial charge in [-0.3, -0.25) is 4.98 Å². The van der Waals surface area contributed by atoms with E-state index in [-0.39, 0.29) is 11.9 Å². The molecule has 1 heterocycles. The number of benzene rings is 1. The Morgan fingerprint density at radius 2 is 2.16 bits per heavy atom. The molecule has 0 aliphatic carbocycles. The van der Waals surface area contributed by atoms with Crippen molar-refractivity contribution in [2.24, 2.45) is 0 Å². The van der Waals surface area contributed by atoms with Gasteiger partial charge < -0.3 is 5.32 Å². The molecule has 0 bridgehead atoms. The number of pyridine rings is 1. The van der Waals surface area contributed by atoms with Gasteiger partial charge in [-0.1, -0.05) is 28.1 Å². The van der Waals surface area contributed by atoms with Gasteiger partial charge in [0.25, 0.3) is 0 Å². The van der Waals surface area contributed by atoms with Crippen LogP contribution >= 0.6 is 15.9 Å². The maximum absolute atomic E-state index is 13.1. The van der Waals surface area contributed by atoms with Crippen molar-refractivity contribution in [1.82, 2.24) is 10.3 Å². The smallest absolute Gasteiger partial charge is 0.124 e. The lowest BCUT2D eigenvalue weighted by atomic mass is 10.00. The third kappa shape index (κ3) is 3.39. The maximum atomic E-state index is 13.1. The molecule has 0 radical (unpaired) electrons. The minimum Gasteiger partial charge on any atom is -0.311 e. The first-order valence-corrected chi connectivity index (χ1v) is 6.94. The Balaban J connectivity index is 2.27. The standard InChI is InChI=1S/C15H16BrFN2/c1-10-4-3-7-19-15(10)14(18-2)8-11-5-6-12(17)9-13(11)16/h3-7,9,14,18H,8H2,1-2H3. The van der Waals surface area contributed by atoms with Crippen LogP contribution in [0.4, 0.5) is 4.39 Å². The minimum atomic E-state index is -0.231. The van der Waals surface area contributed by atoms with Crippen LogP contribution in [0.5, 0.6) is 0 Å². The van der Waals surface area contributed by atoms with Crippen LogP contribution < -0.4 is 5.32 Å². The van der Waals surface area contributed by atoms with E-state index in [9.17, 15) is 4.39 Å². The molecule has 1 N–H and O–H groups in total. The van der Waals surface area contributed by atoms with Crippen LogP contribution in [-0.2, 0) is 6.42 Å². The highest BCUT2D eigenvalue weighted by molar-refractivity contribution is 9.10. The summed E-state index contributed by atoms with van der Waals surface area (Å²) in [5.74, 6) is -0.231. The van der Waals surface area contributed by atoms with E-state index in [0.29, 0.717) is 0 Å². The molecule has 1 aromatic carbocycles. The lowest BCUT2D eigenvalue weighted by Gasteiger charge is -2.18. The fourth-order valence-corrected chi connectivity index (χ4v) is 2.62. The second kappa shape index (κ2) is 6.26. The van der Waals surface area contributed by atoms with Crippen molar-refractivity contribution in [3.8, 4) is 0 Å². The summed E-state index contributed by atoms with van der Waals surface area (Å²) in [6.45, 7) is 2.05. The van der Waals surface area contributed by atoms with E-state index in [4.69, 9.17) is 0 Å². The average Bonchev–Trinajstić information content (AvgIpc) is 2.39. The highest BCUT2D eigenvalue weighted by Crippen LogP contribution is 2.25. The van der Waals surface area contributed by atoms with E-state index in [1.54, 1.807) is 6.20 Å². The number of hydrogen-bond acceptors (Lipinski definition) is 2. The summed E-state index contributed by atoms with van der Waals surface area (Å²) in [7, 11) is 1.91. The summed E-state index contributed by atoms with van der Waals surface area (Å²) in [6, 6.07) is 8.88. The molecule has 1 unspecified atom stereocenters. The predicted octanol–water partition coefficient (Wildman–Crippen LogP) is 3.79. The summed E-state index contributed by atoms with van der Waals surface area (Å²) in [5, 5.41) is 3.27. The van der Waals surface area contributed by atoms with Crippen LogP contribution in [0.25, 0.3) is 0 Å². The summed E-state index contributed by atoms with van der Waals surface area (Å²) in [6.07, 6.45) is 2.56. The Hall–Kier alpha value is -1.26. The van der Waals surface area contributed by atoms with Crippen LogP contribution in [0.3, 0.4) is 0 Å². The van der Waals surface area contributed by atoms with Crippen LogP contribution in [-0.4, -0.2) is 12.0 Å². The van der Waals surface area contributed by atoms with Crippen molar-refractivity contribution in [3.63, 3.8) is 0 Å². The molecule has 0 fully saturated rings. The average molecular weight is 323 g/mol. The molecular formula is C15H16BrFN2. The molecule has 19 heavy (non-hydrogen) atoms. The van der Waals surface area contributed by atoms with E-state index in [0.717, 1.165) is 27.7 Å². The molecule has 0 spiro atoms. The number of nitrogens with one attached hydrogen (secondary N) is 1. The Kier molecular flexibility index (Phi) is 4.66. The third-order valence-electron chi connectivity index (χ3n) is 3.17. The first kappa shape index (κ1) is 14.2. The van der Waals surface area contributed by atoms with E-state index in [2.05, 4.69) is 26.2 Å². The molecular weight excluding hydrogens is 307 g/mol. The van der Waals surface area contributed by atoms with Crippen molar-refractivity contribution in [1.29, 1.82) is 0 Å². The van der Waals surface area contributed by atoms with Gasteiger partial charge in [0.2, 0.25) is 0 Å². The second-order valence-electron chi connectivity index (χ2n) is 4.49. The van der Waals surface area contributed by atoms with Gasteiger partial charge in [-0.05, 0) is 49.7 Å². The number of rotatable bonds is 4. The van der Waals surface area contributed by atoms with E-state index < -0.39 is 0 Å². The van der Waals surface area contributed by atoms with Crippen LogP contribution in [0.1, 0.15) is 22.9 Å². The van der Waals surface area contributed by atoms with Gasteiger partial charge in [-0.15, -0.1) is 0 Å². The van der Waals surface area contributed by atoms with E-state index >= 15 is 0 Å². The molecule has 2 aromatic rings. The topological polar surface area (TPSA) is 24.9 Å². The van der Waals surface area contributed by atoms with Gasteiger partial charge in [-0.2, -0.15) is 0 Å². The minimum absolute atomic E-state index is 0.114. The Morgan fingerprint density at radius 1 is 1.37 bits per heavy atom. The monoisotopic (exact) mass is 322 g/mol. The predicted molar refractivity (Wildman–Crippen MR) is 78.6 cm³/mol. The van der Waals surface area contributed by atoms with Crippen LogP contribution in [0, 0.1) is 12.7 Å². The normalized spacial score (nSPS) is 12.4. The van der Waals surface area contributed by atoms with Crippen molar-refractivity contribution in [2.45, 2.75) is 19.4 Å².